The van der Waals surface area contributed by atoms with Crippen molar-refractivity contribution in [2.75, 3.05) is 14.2 Å². The van der Waals surface area contributed by atoms with Crippen molar-refractivity contribution in [2.24, 2.45) is 0 Å². The summed E-state index contributed by atoms with van der Waals surface area (Å²) in [5.41, 5.74) is 1.46. The van der Waals surface area contributed by atoms with E-state index in [1.807, 2.05) is 24.3 Å². The number of ether oxygens (including phenoxy) is 2. The fourth-order valence-electron chi connectivity index (χ4n) is 4.34. The lowest BCUT2D eigenvalue weighted by Gasteiger charge is -2.06. The first-order valence-electron chi connectivity index (χ1n) is 12.9. The highest BCUT2D eigenvalue weighted by molar-refractivity contribution is 9.10. The second-order valence-electron chi connectivity index (χ2n) is 9.13. The van der Waals surface area contributed by atoms with Gasteiger partial charge in [-0.3, -0.25) is 0 Å². The molecule has 0 bridgehead atoms. The quantitative estimate of drug-likeness (QED) is 0.178. The SMILES string of the molecule is CCCCCCCCCCc1ccc2cc(OC)ccc2c1.COc1ccc2cc(Br)ccc2c1. The van der Waals surface area contributed by atoms with Crippen LogP contribution < -0.4 is 9.47 Å². The van der Waals surface area contributed by atoms with Crippen LogP contribution in [0.3, 0.4) is 0 Å². The van der Waals surface area contributed by atoms with Gasteiger partial charge in [0.2, 0.25) is 0 Å². The first-order chi connectivity index (χ1) is 17.1. The van der Waals surface area contributed by atoms with Gasteiger partial charge in [-0.15, -0.1) is 0 Å². The van der Waals surface area contributed by atoms with Gasteiger partial charge in [-0.25, -0.2) is 0 Å². The molecule has 0 radical (unpaired) electrons. The van der Waals surface area contributed by atoms with Gasteiger partial charge >= 0.3 is 0 Å². The molecule has 0 unspecified atom stereocenters. The molecule has 186 valence electrons. The highest BCUT2D eigenvalue weighted by atomic mass is 79.9. The maximum Gasteiger partial charge on any atom is 0.119 e. The van der Waals surface area contributed by atoms with Gasteiger partial charge in [0.1, 0.15) is 11.5 Å². The largest absolute Gasteiger partial charge is 0.497 e. The number of hydrogen-bond acceptors (Lipinski definition) is 2. The van der Waals surface area contributed by atoms with Crippen LogP contribution in [0.5, 0.6) is 11.5 Å². The molecule has 0 aliphatic rings. The number of aryl methyl sites for hydroxylation is 1. The van der Waals surface area contributed by atoms with E-state index in [4.69, 9.17) is 9.47 Å². The monoisotopic (exact) mass is 534 g/mol. The molecule has 0 spiro atoms. The first-order valence-corrected chi connectivity index (χ1v) is 13.7. The molecule has 0 aliphatic carbocycles. The van der Waals surface area contributed by atoms with Crippen LogP contribution in [0.4, 0.5) is 0 Å². The maximum absolute atomic E-state index is 5.28. The minimum Gasteiger partial charge on any atom is -0.497 e. The summed E-state index contributed by atoms with van der Waals surface area (Å²) in [5.74, 6) is 1.83. The molecule has 0 fully saturated rings. The van der Waals surface area contributed by atoms with E-state index in [-0.39, 0.29) is 0 Å². The van der Waals surface area contributed by atoms with Crippen LogP contribution in [0, 0.1) is 0 Å². The van der Waals surface area contributed by atoms with Crippen molar-refractivity contribution in [3.05, 3.63) is 82.8 Å². The summed E-state index contributed by atoms with van der Waals surface area (Å²) in [4.78, 5) is 0. The molecule has 0 aromatic heterocycles. The lowest BCUT2D eigenvalue weighted by Crippen LogP contribution is -1.88. The fourth-order valence-corrected chi connectivity index (χ4v) is 4.72. The number of hydrogen-bond donors (Lipinski definition) is 0. The summed E-state index contributed by atoms with van der Waals surface area (Å²) in [7, 11) is 3.40. The van der Waals surface area contributed by atoms with E-state index < -0.39 is 0 Å². The van der Waals surface area contributed by atoms with Crippen molar-refractivity contribution < 1.29 is 9.47 Å². The normalized spacial score (nSPS) is 10.7. The van der Waals surface area contributed by atoms with Crippen LogP contribution >= 0.6 is 15.9 Å². The van der Waals surface area contributed by atoms with Gasteiger partial charge in [0.05, 0.1) is 14.2 Å². The average Bonchev–Trinajstić information content (AvgIpc) is 2.89. The molecule has 4 aromatic rings. The molecule has 3 heteroatoms. The van der Waals surface area contributed by atoms with E-state index in [0.717, 1.165) is 16.0 Å². The third-order valence-corrected chi connectivity index (χ3v) is 6.93. The zero-order valence-corrected chi connectivity index (χ0v) is 23.1. The summed E-state index contributed by atoms with van der Waals surface area (Å²) in [6.07, 6.45) is 12.3. The van der Waals surface area contributed by atoms with E-state index in [9.17, 15) is 0 Å². The molecule has 0 heterocycles. The van der Waals surface area contributed by atoms with Crippen molar-refractivity contribution in [3.8, 4) is 11.5 Å². The van der Waals surface area contributed by atoms with Gasteiger partial charge < -0.3 is 9.47 Å². The van der Waals surface area contributed by atoms with Gasteiger partial charge in [-0.1, -0.05) is 104 Å². The molecule has 0 atom stereocenters. The van der Waals surface area contributed by atoms with E-state index >= 15 is 0 Å². The van der Waals surface area contributed by atoms with Crippen LogP contribution in [0.25, 0.3) is 21.5 Å². The van der Waals surface area contributed by atoms with Crippen LogP contribution in [0.2, 0.25) is 0 Å². The van der Waals surface area contributed by atoms with Crippen molar-refractivity contribution in [1.82, 2.24) is 0 Å². The third-order valence-electron chi connectivity index (χ3n) is 6.44. The Morgan fingerprint density at radius 3 is 1.63 bits per heavy atom. The lowest BCUT2D eigenvalue weighted by atomic mass is 10.0. The molecular formula is C32H39BrO2. The Hall–Kier alpha value is -2.52. The standard InChI is InChI=1S/C21H30O.C11H9BrO/c1-3-4-5-6-7-8-9-10-11-18-12-13-20-17-21(22-2)15-14-19(20)16-18;1-13-11-5-3-8-6-10(12)4-2-9(8)7-11/h12-17H,3-11H2,1-2H3;2-7H,1H3. The minimum absolute atomic E-state index is 0.898. The van der Waals surface area contributed by atoms with Crippen molar-refractivity contribution in [1.29, 1.82) is 0 Å². The summed E-state index contributed by atoms with van der Waals surface area (Å²) in [5, 5.41) is 5.00. The third kappa shape index (κ3) is 8.89. The topological polar surface area (TPSA) is 18.5 Å². The number of unbranched alkanes of at least 4 members (excludes halogenated alkanes) is 7. The molecule has 0 N–H and O–H groups in total. The second kappa shape index (κ2) is 14.8. The fraction of sp³-hybridized carbons (Fsp3) is 0.375. The first kappa shape index (κ1) is 27.1. The molecule has 0 saturated heterocycles. The number of rotatable bonds is 11. The van der Waals surface area contributed by atoms with Crippen LogP contribution in [-0.2, 0) is 6.42 Å². The molecule has 2 nitrogen and oxygen atoms in total. The number of halogens is 1. The molecular weight excluding hydrogens is 496 g/mol. The number of fused-ring (bicyclic) bond motifs is 2. The van der Waals surface area contributed by atoms with E-state index in [2.05, 4.69) is 71.4 Å². The van der Waals surface area contributed by atoms with Crippen LogP contribution in [0.1, 0.15) is 63.9 Å². The second-order valence-corrected chi connectivity index (χ2v) is 10.0. The Labute approximate surface area is 219 Å². The summed E-state index contributed by atoms with van der Waals surface area (Å²) >= 11 is 3.44. The zero-order chi connectivity index (χ0) is 24.9. The highest BCUT2D eigenvalue weighted by Gasteiger charge is 2.00. The molecule has 4 aromatic carbocycles. The van der Waals surface area contributed by atoms with Gasteiger partial charge in [0.25, 0.3) is 0 Å². The van der Waals surface area contributed by atoms with E-state index in [1.54, 1.807) is 14.2 Å². The summed E-state index contributed by atoms with van der Waals surface area (Å²) < 4.78 is 11.5. The zero-order valence-electron chi connectivity index (χ0n) is 21.5. The van der Waals surface area contributed by atoms with Crippen molar-refractivity contribution in [3.63, 3.8) is 0 Å². The minimum atomic E-state index is 0.898. The molecule has 35 heavy (non-hydrogen) atoms. The van der Waals surface area contributed by atoms with Gasteiger partial charge in [0.15, 0.2) is 0 Å². The van der Waals surface area contributed by atoms with E-state index in [1.165, 1.54) is 84.9 Å². The highest BCUT2D eigenvalue weighted by Crippen LogP contribution is 2.24. The summed E-state index contributed by atoms with van der Waals surface area (Å²) in [6.45, 7) is 2.28. The van der Waals surface area contributed by atoms with Gasteiger partial charge in [-0.05, 0) is 76.3 Å². The Kier molecular flexibility index (Phi) is 11.4. The predicted octanol–water partition coefficient (Wildman–Crippen LogP) is 10.1. The van der Waals surface area contributed by atoms with Crippen molar-refractivity contribution in [2.45, 2.75) is 64.7 Å². The van der Waals surface area contributed by atoms with E-state index in [0.29, 0.717) is 0 Å². The van der Waals surface area contributed by atoms with Gasteiger partial charge in [-0.2, -0.15) is 0 Å². The smallest absolute Gasteiger partial charge is 0.119 e. The number of benzene rings is 4. The molecule has 0 aliphatic heterocycles. The van der Waals surface area contributed by atoms with Crippen LogP contribution in [0.15, 0.2) is 77.3 Å². The van der Waals surface area contributed by atoms with Crippen LogP contribution in [-0.4, -0.2) is 14.2 Å². The van der Waals surface area contributed by atoms with Gasteiger partial charge in [0, 0.05) is 4.47 Å². The average molecular weight is 536 g/mol. The Morgan fingerprint density at radius 2 is 1.03 bits per heavy atom. The summed E-state index contributed by atoms with van der Waals surface area (Å²) in [6, 6.07) is 25.4. The Balaban J connectivity index is 0.000000223. The Bertz CT molecular complexity index is 1180. The molecule has 4 rings (SSSR count). The molecule has 0 saturated carbocycles. The lowest BCUT2D eigenvalue weighted by molar-refractivity contribution is 0.415. The predicted molar refractivity (Wildman–Crippen MR) is 155 cm³/mol. The van der Waals surface area contributed by atoms with Crippen molar-refractivity contribution >= 4 is 37.5 Å². The maximum atomic E-state index is 5.28. The molecule has 0 amide bonds. The number of methoxy groups -OCH3 is 2. The Morgan fingerprint density at radius 1 is 0.543 bits per heavy atom.